The molecule has 2 nitrogen and oxygen atoms in total. The standard InChI is InChI=1S/C10H8BrF3N2S2/c1-15-8(6-2-5(11)4-17-6)7-3-16-9(18-7)10(12,13)14/h2-4,8,15H,1H3. The lowest BCUT2D eigenvalue weighted by Crippen LogP contribution is -2.15. The molecule has 2 aromatic rings. The number of halogens is 4. The van der Waals surface area contributed by atoms with Crippen LogP contribution in [0.3, 0.4) is 0 Å². The Morgan fingerprint density at radius 3 is 2.56 bits per heavy atom. The molecular weight excluding hydrogens is 349 g/mol. The molecule has 98 valence electrons. The van der Waals surface area contributed by atoms with Crippen LogP contribution < -0.4 is 5.32 Å². The lowest BCUT2D eigenvalue weighted by atomic mass is 10.2. The molecule has 8 heteroatoms. The SMILES string of the molecule is CNC(c1cc(Br)cs1)c1cnc(C(F)(F)F)s1. The quantitative estimate of drug-likeness (QED) is 0.886. The van der Waals surface area contributed by atoms with Crippen molar-refractivity contribution in [2.24, 2.45) is 0 Å². The van der Waals surface area contributed by atoms with E-state index in [0.29, 0.717) is 16.2 Å². The zero-order valence-electron chi connectivity index (χ0n) is 9.08. The van der Waals surface area contributed by atoms with E-state index in [0.717, 1.165) is 9.35 Å². The summed E-state index contributed by atoms with van der Waals surface area (Å²) in [5, 5.41) is 4.09. The molecule has 2 heterocycles. The van der Waals surface area contributed by atoms with E-state index in [2.05, 4.69) is 26.2 Å². The van der Waals surface area contributed by atoms with Gasteiger partial charge in [0.2, 0.25) is 0 Å². The first kappa shape index (κ1) is 14.0. The molecule has 0 radical (unpaired) electrons. The first-order valence-corrected chi connectivity index (χ1v) is 7.35. The number of aromatic nitrogens is 1. The smallest absolute Gasteiger partial charge is 0.308 e. The van der Waals surface area contributed by atoms with Crippen LogP contribution in [0.25, 0.3) is 0 Å². The molecule has 0 aliphatic heterocycles. The number of thiophene rings is 1. The molecule has 0 amide bonds. The molecule has 1 atom stereocenters. The van der Waals surface area contributed by atoms with Crippen LogP contribution in [0.15, 0.2) is 22.1 Å². The Morgan fingerprint density at radius 2 is 2.11 bits per heavy atom. The number of nitrogens with one attached hydrogen (secondary N) is 1. The summed E-state index contributed by atoms with van der Waals surface area (Å²) < 4.78 is 38.4. The van der Waals surface area contributed by atoms with Crippen LogP contribution in [0.1, 0.15) is 20.8 Å². The van der Waals surface area contributed by atoms with E-state index < -0.39 is 11.2 Å². The van der Waals surface area contributed by atoms with Gasteiger partial charge in [0, 0.05) is 25.8 Å². The van der Waals surface area contributed by atoms with Gasteiger partial charge in [-0.15, -0.1) is 22.7 Å². The molecule has 0 aliphatic rings. The van der Waals surface area contributed by atoms with E-state index in [1.165, 1.54) is 17.5 Å². The van der Waals surface area contributed by atoms with Crippen LogP contribution in [0.4, 0.5) is 13.2 Å². The minimum atomic E-state index is -4.38. The van der Waals surface area contributed by atoms with Gasteiger partial charge in [0.05, 0.1) is 6.04 Å². The Bertz CT molecular complexity index is 535. The summed E-state index contributed by atoms with van der Waals surface area (Å²) in [6.45, 7) is 0. The van der Waals surface area contributed by atoms with E-state index >= 15 is 0 Å². The van der Waals surface area contributed by atoms with Crippen molar-refractivity contribution in [1.29, 1.82) is 0 Å². The van der Waals surface area contributed by atoms with Crippen LogP contribution in [0.2, 0.25) is 0 Å². The lowest BCUT2D eigenvalue weighted by molar-refractivity contribution is -0.137. The predicted molar refractivity (Wildman–Crippen MR) is 70.0 cm³/mol. The van der Waals surface area contributed by atoms with Gasteiger partial charge in [-0.25, -0.2) is 4.98 Å². The van der Waals surface area contributed by atoms with Crippen LogP contribution in [-0.2, 0) is 6.18 Å². The normalized spacial score (nSPS) is 13.8. The fourth-order valence-electron chi connectivity index (χ4n) is 1.46. The van der Waals surface area contributed by atoms with Gasteiger partial charge < -0.3 is 5.32 Å². The van der Waals surface area contributed by atoms with Crippen LogP contribution >= 0.6 is 38.6 Å². The molecule has 0 aromatic carbocycles. The maximum Gasteiger partial charge on any atom is 0.443 e. The van der Waals surface area contributed by atoms with E-state index in [-0.39, 0.29) is 6.04 Å². The molecule has 0 saturated heterocycles. The number of thiazole rings is 1. The molecule has 1 N–H and O–H groups in total. The van der Waals surface area contributed by atoms with Gasteiger partial charge in [-0.05, 0) is 29.0 Å². The molecule has 0 saturated carbocycles. The summed E-state index contributed by atoms with van der Waals surface area (Å²) in [6, 6.07) is 1.63. The van der Waals surface area contributed by atoms with Crippen molar-refractivity contribution in [3.8, 4) is 0 Å². The van der Waals surface area contributed by atoms with Crippen molar-refractivity contribution in [3.63, 3.8) is 0 Å². The number of nitrogens with zero attached hydrogens (tertiary/aromatic N) is 1. The maximum atomic E-state index is 12.5. The largest absolute Gasteiger partial charge is 0.443 e. The molecule has 2 rings (SSSR count). The van der Waals surface area contributed by atoms with E-state index in [1.807, 2.05) is 11.4 Å². The Hall–Kier alpha value is -0.440. The first-order valence-electron chi connectivity index (χ1n) is 4.86. The minimum Gasteiger partial charge on any atom is -0.308 e. The zero-order valence-corrected chi connectivity index (χ0v) is 12.3. The van der Waals surface area contributed by atoms with Gasteiger partial charge in [-0.3, -0.25) is 0 Å². The predicted octanol–water partition coefficient (Wildman–Crippen LogP) is 4.29. The Kier molecular flexibility index (Phi) is 4.10. The summed E-state index contributed by atoms with van der Waals surface area (Å²) in [7, 11) is 1.71. The van der Waals surface area contributed by atoms with Crippen molar-refractivity contribution < 1.29 is 13.2 Å². The van der Waals surface area contributed by atoms with Crippen molar-refractivity contribution in [1.82, 2.24) is 10.3 Å². The van der Waals surface area contributed by atoms with Crippen molar-refractivity contribution in [2.45, 2.75) is 12.2 Å². The van der Waals surface area contributed by atoms with Crippen LogP contribution in [-0.4, -0.2) is 12.0 Å². The highest BCUT2D eigenvalue weighted by Gasteiger charge is 2.35. The monoisotopic (exact) mass is 356 g/mol. The lowest BCUT2D eigenvalue weighted by Gasteiger charge is -2.11. The van der Waals surface area contributed by atoms with Gasteiger partial charge in [0.15, 0.2) is 5.01 Å². The number of hydrogen-bond acceptors (Lipinski definition) is 4. The summed E-state index contributed by atoms with van der Waals surface area (Å²) in [5.74, 6) is 0. The molecule has 0 spiro atoms. The average molecular weight is 357 g/mol. The second-order valence-corrected chi connectivity index (χ2v) is 6.38. The molecular formula is C10H8BrF3N2S2. The van der Waals surface area contributed by atoms with E-state index in [1.54, 1.807) is 7.05 Å². The fourth-order valence-corrected chi connectivity index (χ4v) is 4.01. The highest BCUT2D eigenvalue weighted by molar-refractivity contribution is 9.10. The first-order chi connectivity index (χ1) is 8.41. The fraction of sp³-hybridized carbons (Fsp3) is 0.300. The average Bonchev–Trinajstić information content (AvgIpc) is 2.88. The molecule has 0 fully saturated rings. The van der Waals surface area contributed by atoms with Gasteiger partial charge in [-0.2, -0.15) is 13.2 Å². The van der Waals surface area contributed by atoms with Crippen LogP contribution in [0.5, 0.6) is 0 Å². The van der Waals surface area contributed by atoms with Gasteiger partial charge in [0.1, 0.15) is 0 Å². The summed E-state index contributed by atoms with van der Waals surface area (Å²) in [5.41, 5.74) is 0. The third kappa shape index (κ3) is 2.93. The van der Waals surface area contributed by atoms with Gasteiger partial charge in [0.25, 0.3) is 0 Å². The maximum absolute atomic E-state index is 12.5. The zero-order chi connectivity index (χ0) is 13.3. The topological polar surface area (TPSA) is 24.9 Å². The number of rotatable bonds is 3. The Labute approximate surface area is 118 Å². The van der Waals surface area contributed by atoms with Gasteiger partial charge in [-0.1, -0.05) is 0 Å². The third-order valence-corrected chi connectivity index (χ3v) is 5.08. The summed E-state index contributed by atoms with van der Waals surface area (Å²) >= 11 is 5.48. The minimum absolute atomic E-state index is 0.255. The molecule has 2 aromatic heterocycles. The number of hydrogen-bond donors (Lipinski definition) is 1. The second kappa shape index (κ2) is 5.28. The van der Waals surface area contributed by atoms with Crippen molar-refractivity contribution in [3.05, 3.63) is 36.9 Å². The third-order valence-electron chi connectivity index (χ3n) is 2.21. The molecule has 1 unspecified atom stereocenters. The van der Waals surface area contributed by atoms with Crippen LogP contribution in [0, 0.1) is 0 Å². The van der Waals surface area contributed by atoms with Gasteiger partial charge >= 0.3 is 6.18 Å². The Morgan fingerprint density at radius 1 is 1.39 bits per heavy atom. The summed E-state index contributed by atoms with van der Waals surface area (Å²) in [6.07, 6.45) is -3.10. The highest BCUT2D eigenvalue weighted by Crippen LogP contribution is 2.37. The Balaban J connectivity index is 2.31. The van der Waals surface area contributed by atoms with Crippen molar-refractivity contribution >= 4 is 38.6 Å². The highest BCUT2D eigenvalue weighted by atomic mass is 79.9. The second-order valence-electron chi connectivity index (χ2n) is 3.45. The number of alkyl halides is 3. The van der Waals surface area contributed by atoms with Crippen molar-refractivity contribution in [2.75, 3.05) is 7.05 Å². The molecule has 18 heavy (non-hydrogen) atoms. The molecule has 0 aliphatic carbocycles. The van der Waals surface area contributed by atoms with E-state index in [9.17, 15) is 13.2 Å². The summed E-state index contributed by atoms with van der Waals surface area (Å²) in [4.78, 5) is 4.94. The van der Waals surface area contributed by atoms with E-state index in [4.69, 9.17) is 0 Å². The molecule has 0 bridgehead atoms.